The van der Waals surface area contributed by atoms with E-state index in [1.54, 1.807) is 11.0 Å². The van der Waals surface area contributed by atoms with Crippen molar-refractivity contribution < 1.29 is 31.7 Å². The zero-order chi connectivity index (χ0) is 24.3. The summed E-state index contributed by atoms with van der Waals surface area (Å²) in [6.45, 7) is 1.18. The molecule has 2 heterocycles. The van der Waals surface area contributed by atoms with Crippen LogP contribution < -0.4 is 5.32 Å². The van der Waals surface area contributed by atoms with Gasteiger partial charge in [-0.2, -0.15) is 13.2 Å². The van der Waals surface area contributed by atoms with Crippen LogP contribution in [0.3, 0.4) is 0 Å². The quantitative estimate of drug-likeness (QED) is 0.566. The van der Waals surface area contributed by atoms with E-state index in [9.17, 15) is 27.2 Å². The predicted molar refractivity (Wildman–Crippen MR) is 114 cm³/mol. The molecular weight excluding hydrogens is 456 g/mol. The average Bonchev–Trinajstić information content (AvgIpc) is 3.29. The van der Waals surface area contributed by atoms with Crippen molar-refractivity contribution in [2.45, 2.75) is 6.18 Å². The van der Waals surface area contributed by atoms with E-state index in [4.69, 9.17) is 4.52 Å². The molecular formula is C23H20F4N4O3. The Kier molecular flexibility index (Phi) is 6.64. The zero-order valence-electron chi connectivity index (χ0n) is 17.8. The Hall–Kier alpha value is -3.73. The topological polar surface area (TPSA) is 78.7 Å². The van der Waals surface area contributed by atoms with Crippen LogP contribution in [0, 0.1) is 5.82 Å². The highest BCUT2D eigenvalue weighted by molar-refractivity contribution is 5.93. The van der Waals surface area contributed by atoms with Crippen molar-refractivity contribution >= 4 is 17.5 Å². The molecule has 7 nitrogen and oxygen atoms in total. The Labute approximate surface area is 191 Å². The van der Waals surface area contributed by atoms with Gasteiger partial charge >= 0.3 is 6.18 Å². The maximum absolute atomic E-state index is 13.4. The normalized spacial score (nSPS) is 14.8. The third-order valence-electron chi connectivity index (χ3n) is 5.37. The molecule has 0 spiro atoms. The van der Waals surface area contributed by atoms with Gasteiger partial charge in [0.15, 0.2) is 0 Å². The maximum atomic E-state index is 13.4. The number of piperazine rings is 1. The van der Waals surface area contributed by atoms with Crippen LogP contribution in [0.15, 0.2) is 59.1 Å². The van der Waals surface area contributed by atoms with Crippen LogP contribution in [0.2, 0.25) is 0 Å². The largest absolute Gasteiger partial charge is 0.418 e. The molecule has 11 heteroatoms. The molecule has 0 saturated carbocycles. The van der Waals surface area contributed by atoms with Crippen LogP contribution in [0.4, 0.5) is 23.2 Å². The molecule has 2 aromatic carbocycles. The summed E-state index contributed by atoms with van der Waals surface area (Å²) in [5, 5.41) is 6.14. The molecule has 1 saturated heterocycles. The Balaban J connectivity index is 1.31. The van der Waals surface area contributed by atoms with E-state index in [-0.39, 0.29) is 18.0 Å². The van der Waals surface area contributed by atoms with Crippen molar-refractivity contribution in [1.29, 1.82) is 0 Å². The van der Waals surface area contributed by atoms with Crippen molar-refractivity contribution in [2.75, 3.05) is 38.0 Å². The lowest BCUT2D eigenvalue weighted by molar-refractivity contribution is -0.137. The fraction of sp³-hybridized carbons (Fsp3) is 0.261. The summed E-state index contributed by atoms with van der Waals surface area (Å²) in [5.74, 6) is -1.39. The van der Waals surface area contributed by atoms with Gasteiger partial charge in [0.2, 0.25) is 11.7 Å². The fourth-order valence-corrected chi connectivity index (χ4v) is 3.66. The molecule has 1 aromatic heterocycles. The number of nitrogens with one attached hydrogen (secondary N) is 1. The second-order valence-corrected chi connectivity index (χ2v) is 7.75. The van der Waals surface area contributed by atoms with Crippen LogP contribution in [0.25, 0.3) is 11.3 Å². The molecule has 1 aliphatic rings. The zero-order valence-corrected chi connectivity index (χ0v) is 17.8. The first kappa shape index (κ1) is 23.4. The fourth-order valence-electron chi connectivity index (χ4n) is 3.66. The number of aromatic nitrogens is 1. The summed E-state index contributed by atoms with van der Waals surface area (Å²) in [7, 11) is 0. The van der Waals surface area contributed by atoms with Crippen molar-refractivity contribution in [3.63, 3.8) is 0 Å². The van der Waals surface area contributed by atoms with Crippen molar-refractivity contribution in [1.82, 2.24) is 15.0 Å². The first-order chi connectivity index (χ1) is 16.2. The second kappa shape index (κ2) is 9.64. The van der Waals surface area contributed by atoms with Gasteiger partial charge < -0.3 is 14.7 Å². The Morgan fingerprint density at radius 2 is 1.74 bits per heavy atom. The first-order valence-corrected chi connectivity index (χ1v) is 10.4. The number of nitrogens with zero attached hydrogens (tertiary/aromatic N) is 3. The predicted octanol–water partition coefficient (Wildman–Crippen LogP) is 3.90. The van der Waals surface area contributed by atoms with Crippen LogP contribution in [0.1, 0.15) is 16.1 Å². The molecule has 178 valence electrons. The summed E-state index contributed by atoms with van der Waals surface area (Å²) >= 11 is 0. The Bertz CT molecular complexity index is 1190. The van der Waals surface area contributed by atoms with E-state index >= 15 is 0 Å². The van der Waals surface area contributed by atoms with Crippen LogP contribution in [-0.2, 0) is 11.0 Å². The lowest BCUT2D eigenvalue weighted by Crippen LogP contribution is -2.50. The number of carbonyl (C=O) groups is 2. The van der Waals surface area contributed by atoms with E-state index in [1.807, 2.05) is 0 Å². The highest BCUT2D eigenvalue weighted by Gasteiger charge is 2.34. The first-order valence-electron chi connectivity index (χ1n) is 10.4. The molecule has 3 aromatic rings. The number of rotatable bonds is 5. The Morgan fingerprint density at radius 1 is 1.00 bits per heavy atom. The van der Waals surface area contributed by atoms with Gasteiger partial charge in [0, 0.05) is 37.8 Å². The minimum Gasteiger partial charge on any atom is -0.350 e. The summed E-state index contributed by atoms with van der Waals surface area (Å²) in [5.41, 5.74) is -0.403. The van der Waals surface area contributed by atoms with Gasteiger partial charge in [-0.3, -0.25) is 14.5 Å². The van der Waals surface area contributed by atoms with Crippen LogP contribution in [0.5, 0.6) is 0 Å². The number of alkyl halides is 3. The van der Waals surface area contributed by atoms with E-state index in [2.05, 4.69) is 10.5 Å². The van der Waals surface area contributed by atoms with Crippen molar-refractivity contribution in [2.24, 2.45) is 0 Å². The van der Waals surface area contributed by atoms with Crippen molar-refractivity contribution in [3.8, 4) is 11.3 Å². The molecule has 0 unspecified atom stereocenters. The number of para-hydroxylation sites is 1. The van der Waals surface area contributed by atoms with E-state index in [0.29, 0.717) is 37.4 Å². The monoisotopic (exact) mass is 476 g/mol. The van der Waals surface area contributed by atoms with Gasteiger partial charge in [0.05, 0.1) is 17.8 Å². The van der Waals surface area contributed by atoms with Gasteiger partial charge in [-0.25, -0.2) is 4.39 Å². The maximum Gasteiger partial charge on any atom is 0.418 e. The summed E-state index contributed by atoms with van der Waals surface area (Å²) < 4.78 is 57.9. The Morgan fingerprint density at radius 3 is 2.44 bits per heavy atom. The molecule has 1 aliphatic heterocycles. The summed E-state index contributed by atoms with van der Waals surface area (Å²) in [6, 6.07) is 12.0. The minimum absolute atomic E-state index is 0.00853. The lowest BCUT2D eigenvalue weighted by Gasteiger charge is -2.33. The number of amides is 2. The van der Waals surface area contributed by atoms with Gasteiger partial charge in [-0.05, 0) is 24.3 Å². The van der Waals surface area contributed by atoms with Gasteiger partial charge in [-0.1, -0.05) is 29.4 Å². The highest BCUT2D eigenvalue weighted by Crippen LogP contribution is 2.34. The summed E-state index contributed by atoms with van der Waals surface area (Å²) in [6.07, 6.45) is -4.58. The van der Waals surface area contributed by atoms with Gasteiger partial charge in [0.25, 0.3) is 5.91 Å². The standard InChI is InChI=1S/C23H20F4N4O3/c24-16-5-3-4-15(12-16)19-13-20(34-29-19)22(33)31-10-8-30(9-11-31)14-21(32)28-18-7-2-1-6-17(18)23(25,26)27/h1-7,12-13H,8-11,14H2,(H,28,32). The highest BCUT2D eigenvalue weighted by atomic mass is 19.4. The molecule has 0 radical (unpaired) electrons. The van der Waals surface area contributed by atoms with E-state index in [0.717, 1.165) is 6.07 Å². The third-order valence-corrected chi connectivity index (χ3v) is 5.37. The lowest BCUT2D eigenvalue weighted by atomic mass is 10.1. The second-order valence-electron chi connectivity index (χ2n) is 7.75. The number of benzene rings is 2. The minimum atomic E-state index is -4.58. The van der Waals surface area contributed by atoms with E-state index < -0.39 is 29.4 Å². The number of hydrogen-bond donors (Lipinski definition) is 1. The van der Waals surface area contributed by atoms with E-state index in [1.165, 1.54) is 47.4 Å². The molecule has 4 rings (SSSR count). The number of anilines is 1. The molecule has 1 fully saturated rings. The SMILES string of the molecule is O=C(CN1CCN(C(=O)c2cc(-c3cccc(F)c3)no2)CC1)Nc1ccccc1C(F)(F)F. The van der Waals surface area contributed by atoms with Crippen molar-refractivity contribution in [3.05, 3.63) is 71.7 Å². The number of hydrogen-bond acceptors (Lipinski definition) is 5. The molecule has 2 amide bonds. The molecule has 0 aliphatic carbocycles. The molecule has 34 heavy (non-hydrogen) atoms. The van der Waals surface area contributed by atoms with Crippen LogP contribution in [-0.4, -0.2) is 59.5 Å². The average molecular weight is 476 g/mol. The molecule has 1 N–H and O–H groups in total. The number of carbonyl (C=O) groups excluding carboxylic acids is 2. The molecule has 0 bridgehead atoms. The smallest absolute Gasteiger partial charge is 0.350 e. The van der Waals surface area contributed by atoms with Gasteiger partial charge in [0.1, 0.15) is 11.5 Å². The third kappa shape index (κ3) is 5.42. The van der Waals surface area contributed by atoms with Gasteiger partial charge in [-0.15, -0.1) is 0 Å². The molecule has 0 atom stereocenters. The van der Waals surface area contributed by atoms with Crippen LogP contribution >= 0.6 is 0 Å². The number of halogens is 4. The summed E-state index contributed by atoms with van der Waals surface area (Å²) in [4.78, 5) is 28.3.